The standard InChI is InChI=1S/C23H16N4S/c28-23-26-25-22(16-8-2-1-3-9-16)27(23)24-15-21-19-12-6-4-10-17(19)14-18-11-5-7-13-20(18)21/h1-15H,(H,26,28). The molecule has 1 N–H and O–H groups in total. The van der Waals surface area contributed by atoms with Crippen LogP contribution >= 0.6 is 12.2 Å². The van der Waals surface area contributed by atoms with Crippen LogP contribution in [0.3, 0.4) is 0 Å². The first kappa shape index (κ1) is 16.6. The molecule has 0 aliphatic carbocycles. The van der Waals surface area contributed by atoms with E-state index in [2.05, 4.69) is 52.7 Å². The van der Waals surface area contributed by atoms with Gasteiger partial charge in [-0.2, -0.15) is 14.9 Å². The van der Waals surface area contributed by atoms with Crippen molar-refractivity contribution < 1.29 is 0 Å². The fourth-order valence-corrected chi connectivity index (χ4v) is 3.66. The van der Waals surface area contributed by atoms with Crippen LogP contribution in [0.1, 0.15) is 5.56 Å². The zero-order valence-electron chi connectivity index (χ0n) is 14.9. The number of nitrogens with zero attached hydrogens (tertiary/aromatic N) is 3. The molecule has 134 valence electrons. The smallest absolute Gasteiger partial charge is 0.216 e. The molecule has 0 aliphatic rings. The van der Waals surface area contributed by atoms with Crippen molar-refractivity contribution in [3.63, 3.8) is 0 Å². The average Bonchev–Trinajstić information content (AvgIpc) is 3.12. The van der Waals surface area contributed by atoms with E-state index < -0.39 is 0 Å². The fraction of sp³-hybridized carbons (Fsp3) is 0. The molecule has 0 aliphatic heterocycles. The van der Waals surface area contributed by atoms with Crippen LogP contribution in [0.15, 0.2) is 90.0 Å². The van der Waals surface area contributed by atoms with Crippen LogP contribution in [-0.2, 0) is 0 Å². The average molecular weight is 380 g/mol. The monoisotopic (exact) mass is 380 g/mol. The zero-order valence-corrected chi connectivity index (χ0v) is 15.7. The number of rotatable bonds is 3. The Morgan fingerprint density at radius 3 is 2.11 bits per heavy atom. The van der Waals surface area contributed by atoms with Gasteiger partial charge in [0, 0.05) is 11.1 Å². The molecule has 0 unspecified atom stereocenters. The molecule has 0 amide bonds. The molecule has 0 bridgehead atoms. The summed E-state index contributed by atoms with van der Waals surface area (Å²) in [4.78, 5) is 0. The summed E-state index contributed by atoms with van der Waals surface area (Å²) in [5, 5.41) is 16.6. The summed E-state index contributed by atoms with van der Waals surface area (Å²) in [5.74, 6) is 0.686. The molecule has 4 aromatic carbocycles. The molecule has 0 fully saturated rings. The molecule has 0 radical (unpaired) electrons. The minimum atomic E-state index is 0.458. The molecule has 0 saturated heterocycles. The highest BCUT2D eigenvalue weighted by Gasteiger charge is 2.09. The number of hydrogen-bond donors (Lipinski definition) is 1. The van der Waals surface area contributed by atoms with Gasteiger partial charge in [0.05, 0.1) is 6.21 Å². The number of aromatic nitrogens is 3. The lowest BCUT2D eigenvalue weighted by molar-refractivity contribution is 0.872. The first-order chi connectivity index (χ1) is 13.8. The van der Waals surface area contributed by atoms with Gasteiger partial charge in [0.25, 0.3) is 0 Å². The fourth-order valence-electron chi connectivity index (χ4n) is 3.48. The lowest BCUT2D eigenvalue weighted by Gasteiger charge is -2.08. The molecule has 0 saturated carbocycles. The van der Waals surface area contributed by atoms with E-state index in [-0.39, 0.29) is 0 Å². The van der Waals surface area contributed by atoms with E-state index in [1.54, 1.807) is 4.68 Å². The van der Waals surface area contributed by atoms with Crippen LogP contribution in [-0.4, -0.2) is 21.1 Å². The molecule has 5 heteroatoms. The third kappa shape index (κ3) is 2.82. The van der Waals surface area contributed by atoms with Crippen molar-refractivity contribution in [2.24, 2.45) is 5.10 Å². The molecule has 1 aromatic heterocycles. The van der Waals surface area contributed by atoms with Crippen molar-refractivity contribution in [1.29, 1.82) is 0 Å². The Labute approximate surface area is 166 Å². The third-order valence-electron chi connectivity index (χ3n) is 4.80. The largest absolute Gasteiger partial charge is 0.250 e. The highest BCUT2D eigenvalue weighted by Crippen LogP contribution is 2.27. The van der Waals surface area contributed by atoms with Gasteiger partial charge in [-0.1, -0.05) is 78.9 Å². The number of H-pyrrole nitrogens is 1. The predicted molar refractivity (Wildman–Crippen MR) is 117 cm³/mol. The second kappa shape index (κ2) is 6.87. The number of hydrogen-bond acceptors (Lipinski definition) is 3. The predicted octanol–water partition coefficient (Wildman–Crippen LogP) is 5.80. The quantitative estimate of drug-likeness (QED) is 0.244. The summed E-state index contributed by atoms with van der Waals surface area (Å²) in [5.41, 5.74) is 2.02. The SMILES string of the molecule is S=c1[nH]nc(-c2ccccc2)n1N=Cc1c2ccccc2cc2ccccc12. The summed E-state index contributed by atoms with van der Waals surface area (Å²) < 4.78 is 2.13. The van der Waals surface area contributed by atoms with E-state index in [1.165, 1.54) is 10.8 Å². The maximum Gasteiger partial charge on any atom is 0.216 e. The molecule has 5 rings (SSSR count). The van der Waals surface area contributed by atoms with Crippen LogP contribution in [0.25, 0.3) is 32.9 Å². The first-order valence-corrected chi connectivity index (χ1v) is 9.40. The number of fused-ring (bicyclic) bond motifs is 2. The highest BCUT2D eigenvalue weighted by molar-refractivity contribution is 7.71. The summed E-state index contributed by atoms with van der Waals surface area (Å²) in [7, 11) is 0. The van der Waals surface area contributed by atoms with Gasteiger partial charge in [0.1, 0.15) is 0 Å². The van der Waals surface area contributed by atoms with Gasteiger partial charge < -0.3 is 0 Å². The van der Waals surface area contributed by atoms with Crippen LogP contribution < -0.4 is 0 Å². The van der Waals surface area contributed by atoms with E-state index in [4.69, 9.17) is 17.3 Å². The Hall–Kier alpha value is -3.57. The highest BCUT2D eigenvalue weighted by atomic mass is 32.1. The van der Waals surface area contributed by atoms with Crippen LogP contribution in [0, 0.1) is 4.77 Å². The molecule has 0 spiro atoms. The zero-order chi connectivity index (χ0) is 18.9. The van der Waals surface area contributed by atoms with Crippen LogP contribution in [0.2, 0.25) is 0 Å². The van der Waals surface area contributed by atoms with E-state index in [1.807, 2.05) is 48.7 Å². The molecule has 28 heavy (non-hydrogen) atoms. The van der Waals surface area contributed by atoms with Crippen molar-refractivity contribution in [3.8, 4) is 11.4 Å². The second-order valence-corrected chi connectivity index (χ2v) is 6.89. The summed E-state index contributed by atoms with van der Waals surface area (Å²) in [6.07, 6.45) is 1.88. The van der Waals surface area contributed by atoms with Gasteiger partial charge in [-0.25, -0.2) is 5.10 Å². The van der Waals surface area contributed by atoms with Gasteiger partial charge in [0.2, 0.25) is 4.77 Å². The van der Waals surface area contributed by atoms with Crippen molar-refractivity contribution >= 4 is 40.0 Å². The lowest BCUT2D eigenvalue weighted by atomic mass is 9.97. The molecule has 4 nitrogen and oxygen atoms in total. The number of benzene rings is 4. The van der Waals surface area contributed by atoms with E-state index in [9.17, 15) is 0 Å². The maximum absolute atomic E-state index is 5.41. The Morgan fingerprint density at radius 2 is 1.43 bits per heavy atom. The van der Waals surface area contributed by atoms with Crippen LogP contribution in [0.5, 0.6) is 0 Å². The molecular weight excluding hydrogens is 364 g/mol. The topological polar surface area (TPSA) is 46.0 Å². The van der Waals surface area contributed by atoms with Crippen molar-refractivity contribution in [1.82, 2.24) is 14.9 Å². The van der Waals surface area contributed by atoms with Gasteiger partial charge in [-0.15, -0.1) is 0 Å². The molecule has 5 aromatic rings. The Kier molecular flexibility index (Phi) is 4.07. The number of aromatic amines is 1. The van der Waals surface area contributed by atoms with Crippen molar-refractivity contribution in [2.75, 3.05) is 0 Å². The Morgan fingerprint density at radius 1 is 0.821 bits per heavy atom. The molecule has 1 heterocycles. The summed E-state index contributed by atoms with van der Waals surface area (Å²) in [6.45, 7) is 0. The summed E-state index contributed by atoms with van der Waals surface area (Å²) in [6, 6.07) is 28.8. The minimum Gasteiger partial charge on any atom is -0.250 e. The molecular formula is C23H16N4S. The van der Waals surface area contributed by atoms with E-state index in [0.717, 1.165) is 21.9 Å². The third-order valence-corrected chi connectivity index (χ3v) is 5.06. The Bertz CT molecular complexity index is 1330. The molecule has 0 atom stereocenters. The van der Waals surface area contributed by atoms with Crippen molar-refractivity contribution in [3.05, 3.63) is 95.3 Å². The number of nitrogens with one attached hydrogen (secondary N) is 1. The van der Waals surface area contributed by atoms with Gasteiger partial charge in [0.15, 0.2) is 5.82 Å². The Balaban J connectivity index is 1.72. The van der Waals surface area contributed by atoms with Crippen LogP contribution in [0.4, 0.5) is 0 Å². The van der Waals surface area contributed by atoms with Gasteiger partial charge in [-0.3, -0.25) is 0 Å². The van der Waals surface area contributed by atoms with Crippen molar-refractivity contribution in [2.45, 2.75) is 0 Å². The van der Waals surface area contributed by atoms with Gasteiger partial charge >= 0.3 is 0 Å². The second-order valence-electron chi connectivity index (χ2n) is 6.51. The minimum absolute atomic E-state index is 0.458. The van der Waals surface area contributed by atoms with E-state index >= 15 is 0 Å². The normalized spacial score (nSPS) is 11.6. The summed E-state index contributed by atoms with van der Waals surface area (Å²) >= 11 is 5.41. The first-order valence-electron chi connectivity index (χ1n) is 8.99. The van der Waals surface area contributed by atoms with Gasteiger partial charge in [-0.05, 0) is 39.8 Å². The van der Waals surface area contributed by atoms with E-state index in [0.29, 0.717) is 10.6 Å². The lowest BCUT2D eigenvalue weighted by Crippen LogP contribution is -1.96. The maximum atomic E-state index is 5.41.